The predicted molar refractivity (Wildman–Crippen MR) is 56.1 cm³/mol. The normalized spacial score (nSPS) is 31.2. The number of carbonyl (C=O) groups excluding carboxylic acids is 1. The molecule has 0 aromatic carbocycles. The lowest BCUT2D eigenvalue weighted by atomic mass is 9.77. The van der Waals surface area contributed by atoms with Gasteiger partial charge in [-0.1, -0.05) is 12.8 Å². The van der Waals surface area contributed by atoms with Gasteiger partial charge in [0.05, 0.1) is 5.92 Å². The highest BCUT2D eigenvalue weighted by molar-refractivity contribution is 5.80. The molecule has 1 saturated heterocycles. The molecule has 0 radical (unpaired) electrons. The molecular weight excluding hydrogens is 233 g/mol. The van der Waals surface area contributed by atoms with E-state index >= 15 is 0 Å². The first-order chi connectivity index (χ1) is 7.89. The maximum absolute atomic E-state index is 12.8. The molecule has 1 saturated carbocycles. The third-order valence-corrected chi connectivity index (χ3v) is 3.73. The molecule has 0 spiro atoms. The van der Waals surface area contributed by atoms with Crippen molar-refractivity contribution in [3.05, 3.63) is 0 Å². The Balaban J connectivity index is 2.03. The standard InChI is InChI=1S/C11H17F3N2O/c12-11(13,14)9-4-2-1-3-8(9)10(17)16-5-7(15)6-16/h7-9H,1-6,15H2. The van der Waals surface area contributed by atoms with Crippen molar-refractivity contribution in [2.24, 2.45) is 17.6 Å². The van der Waals surface area contributed by atoms with Crippen LogP contribution >= 0.6 is 0 Å². The minimum atomic E-state index is -4.26. The maximum atomic E-state index is 12.8. The van der Waals surface area contributed by atoms with Crippen LogP contribution in [-0.2, 0) is 4.79 Å². The zero-order valence-electron chi connectivity index (χ0n) is 9.54. The second-order valence-corrected chi connectivity index (χ2v) is 5.04. The fraction of sp³-hybridized carbons (Fsp3) is 0.909. The van der Waals surface area contributed by atoms with Gasteiger partial charge in [-0.25, -0.2) is 0 Å². The van der Waals surface area contributed by atoms with Crippen LogP contribution in [0.25, 0.3) is 0 Å². The summed E-state index contributed by atoms with van der Waals surface area (Å²) in [6.45, 7) is 0.805. The minimum absolute atomic E-state index is 0.0631. The first-order valence-electron chi connectivity index (χ1n) is 6.00. The molecule has 2 aliphatic rings. The Morgan fingerprint density at radius 2 is 1.76 bits per heavy atom. The Labute approximate surface area is 98.1 Å². The van der Waals surface area contributed by atoms with Gasteiger partial charge in [0.2, 0.25) is 5.91 Å². The molecule has 0 aromatic rings. The molecule has 2 rings (SSSR count). The molecule has 17 heavy (non-hydrogen) atoms. The summed E-state index contributed by atoms with van der Waals surface area (Å²) in [4.78, 5) is 13.4. The Hall–Kier alpha value is -0.780. The Morgan fingerprint density at radius 3 is 2.29 bits per heavy atom. The Kier molecular flexibility index (Phi) is 3.34. The zero-order valence-corrected chi connectivity index (χ0v) is 9.54. The number of rotatable bonds is 1. The highest BCUT2D eigenvalue weighted by atomic mass is 19.4. The molecule has 98 valence electrons. The largest absolute Gasteiger partial charge is 0.392 e. The van der Waals surface area contributed by atoms with Gasteiger partial charge in [0.1, 0.15) is 0 Å². The van der Waals surface area contributed by atoms with E-state index in [9.17, 15) is 18.0 Å². The van der Waals surface area contributed by atoms with Gasteiger partial charge in [-0.15, -0.1) is 0 Å². The number of amides is 1. The van der Waals surface area contributed by atoms with Crippen molar-refractivity contribution in [1.29, 1.82) is 0 Å². The van der Waals surface area contributed by atoms with E-state index in [-0.39, 0.29) is 18.4 Å². The highest BCUT2D eigenvalue weighted by Crippen LogP contribution is 2.42. The fourth-order valence-electron chi connectivity index (χ4n) is 2.75. The average Bonchev–Trinajstić information content (AvgIpc) is 2.23. The van der Waals surface area contributed by atoms with Crippen LogP contribution in [0.3, 0.4) is 0 Å². The van der Waals surface area contributed by atoms with Crippen LogP contribution in [0.2, 0.25) is 0 Å². The van der Waals surface area contributed by atoms with E-state index in [4.69, 9.17) is 5.73 Å². The second-order valence-electron chi connectivity index (χ2n) is 5.04. The third-order valence-electron chi connectivity index (χ3n) is 3.73. The minimum Gasteiger partial charge on any atom is -0.339 e. The molecule has 3 nitrogen and oxygen atoms in total. The molecule has 2 atom stereocenters. The average molecular weight is 250 g/mol. The van der Waals surface area contributed by atoms with E-state index in [1.165, 1.54) is 4.90 Å². The molecule has 6 heteroatoms. The van der Waals surface area contributed by atoms with Crippen LogP contribution < -0.4 is 5.73 Å². The molecule has 0 aromatic heterocycles. The molecule has 0 bridgehead atoms. The summed E-state index contributed by atoms with van der Waals surface area (Å²) < 4.78 is 38.5. The number of likely N-dealkylation sites (tertiary alicyclic amines) is 1. The molecule has 2 fully saturated rings. The second kappa shape index (κ2) is 4.48. The number of alkyl halides is 3. The summed E-state index contributed by atoms with van der Waals surface area (Å²) in [6, 6.07) is -0.0631. The van der Waals surface area contributed by atoms with Gasteiger partial charge in [-0.3, -0.25) is 4.79 Å². The van der Waals surface area contributed by atoms with Gasteiger partial charge in [-0.05, 0) is 12.8 Å². The van der Waals surface area contributed by atoms with Crippen LogP contribution in [0.5, 0.6) is 0 Å². The SMILES string of the molecule is NC1CN(C(=O)C2CCCCC2C(F)(F)F)C1. The first kappa shape index (κ1) is 12.7. The molecule has 1 heterocycles. The van der Waals surface area contributed by atoms with Crippen molar-refractivity contribution < 1.29 is 18.0 Å². The van der Waals surface area contributed by atoms with Crippen LogP contribution in [-0.4, -0.2) is 36.1 Å². The van der Waals surface area contributed by atoms with Crippen LogP contribution in [0.4, 0.5) is 13.2 Å². The highest BCUT2D eigenvalue weighted by Gasteiger charge is 2.49. The quantitative estimate of drug-likeness (QED) is 0.767. The summed E-state index contributed by atoms with van der Waals surface area (Å²) in [5, 5.41) is 0. The summed E-state index contributed by atoms with van der Waals surface area (Å²) in [5.74, 6) is -2.69. The van der Waals surface area contributed by atoms with Gasteiger partial charge in [0.25, 0.3) is 0 Å². The van der Waals surface area contributed by atoms with Gasteiger partial charge in [0, 0.05) is 25.0 Å². The van der Waals surface area contributed by atoms with Crippen molar-refractivity contribution in [2.45, 2.75) is 37.9 Å². The summed E-state index contributed by atoms with van der Waals surface area (Å²) in [6.07, 6.45) is -2.54. The summed E-state index contributed by atoms with van der Waals surface area (Å²) in [5.41, 5.74) is 5.54. The Bertz CT molecular complexity index is 300. The van der Waals surface area contributed by atoms with E-state index in [0.717, 1.165) is 0 Å². The lowest BCUT2D eigenvalue weighted by Gasteiger charge is -2.42. The van der Waals surface area contributed by atoms with Gasteiger partial charge < -0.3 is 10.6 Å². The van der Waals surface area contributed by atoms with Crippen molar-refractivity contribution >= 4 is 5.91 Å². The van der Waals surface area contributed by atoms with Crippen molar-refractivity contribution in [1.82, 2.24) is 4.90 Å². The molecule has 1 amide bonds. The number of nitrogens with zero attached hydrogens (tertiary/aromatic N) is 1. The lowest BCUT2D eigenvalue weighted by Crippen LogP contribution is -2.60. The van der Waals surface area contributed by atoms with E-state index < -0.39 is 18.0 Å². The van der Waals surface area contributed by atoms with E-state index in [1.54, 1.807) is 0 Å². The topological polar surface area (TPSA) is 46.3 Å². The third kappa shape index (κ3) is 2.56. The summed E-state index contributed by atoms with van der Waals surface area (Å²) in [7, 11) is 0. The van der Waals surface area contributed by atoms with Crippen molar-refractivity contribution in [3.8, 4) is 0 Å². The summed E-state index contributed by atoms with van der Waals surface area (Å²) >= 11 is 0. The Morgan fingerprint density at radius 1 is 1.18 bits per heavy atom. The fourth-order valence-corrected chi connectivity index (χ4v) is 2.75. The maximum Gasteiger partial charge on any atom is 0.392 e. The van der Waals surface area contributed by atoms with Gasteiger partial charge in [-0.2, -0.15) is 13.2 Å². The van der Waals surface area contributed by atoms with Gasteiger partial charge >= 0.3 is 6.18 Å². The monoisotopic (exact) mass is 250 g/mol. The number of halogens is 3. The first-order valence-corrected chi connectivity index (χ1v) is 6.00. The van der Waals surface area contributed by atoms with E-state index in [1.807, 2.05) is 0 Å². The van der Waals surface area contributed by atoms with Crippen molar-refractivity contribution in [3.63, 3.8) is 0 Å². The number of nitrogens with two attached hydrogens (primary N) is 1. The van der Waals surface area contributed by atoms with Crippen molar-refractivity contribution in [2.75, 3.05) is 13.1 Å². The molecule has 2 unspecified atom stereocenters. The lowest BCUT2D eigenvalue weighted by molar-refractivity contribution is -0.202. The van der Waals surface area contributed by atoms with E-state index in [0.29, 0.717) is 32.4 Å². The molecular formula is C11H17F3N2O. The molecule has 1 aliphatic heterocycles. The van der Waals surface area contributed by atoms with E-state index in [2.05, 4.69) is 0 Å². The van der Waals surface area contributed by atoms with Gasteiger partial charge in [0.15, 0.2) is 0 Å². The zero-order chi connectivity index (χ0) is 12.6. The molecule has 1 aliphatic carbocycles. The molecule has 2 N–H and O–H groups in total. The number of carbonyl (C=O) groups is 1. The van der Waals surface area contributed by atoms with Crippen LogP contribution in [0.15, 0.2) is 0 Å². The van der Waals surface area contributed by atoms with Crippen LogP contribution in [0, 0.1) is 11.8 Å². The smallest absolute Gasteiger partial charge is 0.339 e. The number of hydrogen-bond acceptors (Lipinski definition) is 2. The number of hydrogen-bond donors (Lipinski definition) is 1. The van der Waals surface area contributed by atoms with Crippen LogP contribution in [0.1, 0.15) is 25.7 Å². The predicted octanol–water partition coefficient (Wildman–Crippen LogP) is 1.52.